The standard InChI is InChI=1S/C13H15ClN2O/c1-9-15-8-12(16(9)3)13(2,17)10-6-4-5-7-11(10)14/h4-8,17H,1-3H3. The Morgan fingerprint density at radius 2 is 2.00 bits per heavy atom. The topological polar surface area (TPSA) is 38.1 Å². The minimum Gasteiger partial charge on any atom is -0.379 e. The molecule has 4 heteroatoms. The molecule has 90 valence electrons. The largest absolute Gasteiger partial charge is 0.379 e. The minimum absolute atomic E-state index is 0.552. The van der Waals surface area contributed by atoms with Crippen molar-refractivity contribution in [2.24, 2.45) is 7.05 Å². The van der Waals surface area contributed by atoms with E-state index >= 15 is 0 Å². The van der Waals surface area contributed by atoms with Crippen LogP contribution in [0.15, 0.2) is 30.5 Å². The van der Waals surface area contributed by atoms with Crippen molar-refractivity contribution in [3.63, 3.8) is 0 Å². The first-order valence-corrected chi connectivity index (χ1v) is 5.78. The third-order valence-electron chi connectivity index (χ3n) is 3.12. The lowest BCUT2D eigenvalue weighted by molar-refractivity contribution is 0.0941. The highest BCUT2D eigenvalue weighted by Gasteiger charge is 2.31. The second-order valence-corrected chi connectivity index (χ2v) is 4.71. The summed E-state index contributed by atoms with van der Waals surface area (Å²) in [4.78, 5) is 4.20. The highest BCUT2D eigenvalue weighted by Crippen LogP contribution is 2.33. The SMILES string of the molecule is Cc1ncc(C(C)(O)c2ccccc2Cl)n1C. The molecule has 17 heavy (non-hydrogen) atoms. The van der Waals surface area contributed by atoms with E-state index in [9.17, 15) is 5.11 Å². The van der Waals surface area contributed by atoms with Crippen LogP contribution in [0.2, 0.25) is 5.02 Å². The van der Waals surface area contributed by atoms with Crippen LogP contribution in [0.5, 0.6) is 0 Å². The summed E-state index contributed by atoms with van der Waals surface area (Å²) in [6.07, 6.45) is 1.68. The van der Waals surface area contributed by atoms with Gasteiger partial charge in [0.15, 0.2) is 0 Å². The van der Waals surface area contributed by atoms with Gasteiger partial charge in [-0.15, -0.1) is 0 Å². The maximum atomic E-state index is 10.7. The summed E-state index contributed by atoms with van der Waals surface area (Å²) in [6.45, 7) is 3.62. The molecule has 2 aromatic rings. The van der Waals surface area contributed by atoms with Crippen molar-refractivity contribution in [2.75, 3.05) is 0 Å². The molecule has 1 N–H and O–H groups in total. The molecule has 0 saturated heterocycles. The molecule has 0 saturated carbocycles. The Hall–Kier alpha value is -1.32. The zero-order valence-electron chi connectivity index (χ0n) is 10.1. The monoisotopic (exact) mass is 250 g/mol. The number of halogens is 1. The lowest BCUT2D eigenvalue weighted by atomic mass is 9.93. The fourth-order valence-electron chi connectivity index (χ4n) is 1.95. The highest BCUT2D eigenvalue weighted by molar-refractivity contribution is 6.31. The number of nitrogens with zero attached hydrogens (tertiary/aromatic N) is 2. The van der Waals surface area contributed by atoms with E-state index in [2.05, 4.69) is 4.98 Å². The summed E-state index contributed by atoms with van der Waals surface area (Å²) in [5.41, 5.74) is 0.265. The Morgan fingerprint density at radius 3 is 2.53 bits per heavy atom. The summed E-state index contributed by atoms with van der Waals surface area (Å²) in [7, 11) is 1.88. The average molecular weight is 251 g/mol. The molecule has 0 aliphatic rings. The Kier molecular flexibility index (Phi) is 2.98. The van der Waals surface area contributed by atoms with Crippen molar-refractivity contribution in [3.8, 4) is 0 Å². The molecular weight excluding hydrogens is 236 g/mol. The van der Waals surface area contributed by atoms with Gasteiger partial charge in [0.1, 0.15) is 11.4 Å². The molecule has 1 heterocycles. The van der Waals surface area contributed by atoms with Gasteiger partial charge >= 0.3 is 0 Å². The average Bonchev–Trinajstić information content (AvgIpc) is 2.60. The van der Waals surface area contributed by atoms with Gasteiger partial charge in [0.05, 0.1) is 11.9 Å². The highest BCUT2D eigenvalue weighted by atomic mass is 35.5. The normalized spacial score (nSPS) is 14.6. The van der Waals surface area contributed by atoms with Crippen LogP contribution in [0.25, 0.3) is 0 Å². The molecule has 0 aliphatic heterocycles. The molecule has 0 amide bonds. The van der Waals surface area contributed by atoms with Crippen LogP contribution in [0.3, 0.4) is 0 Å². The number of aliphatic hydroxyl groups is 1. The van der Waals surface area contributed by atoms with Crippen LogP contribution in [0, 0.1) is 6.92 Å². The van der Waals surface area contributed by atoms with Gasteiger partial charge in [-0.1, -0.05) is 29.8 Å². The predicted octanol–water partition coefficient (Wildman–Crippen LogP) is 2.64. The number of rotatable bonds is 2. The Balaban J connectivity index is 2.57. The Bertz CT molecular complexity index is 546. The zero-order chi connectivity index (χ0) is 12.6. The molecule has 3 nitrogen and oxygen atoms in total. The van der Waals surface area contributed by atoms with Gasteiger partial charge in [0.2, 0.25) is 0 Å². The van der Waals surface area contributed by atoms with Crippen molar-refractivity contribution < 1.29 is 5.11 Å². The molecule has 2 rings (SSSR count). The van der Waals surface area contributed by atoms with Crippen LogP contribution in [-0.2, 0) is 12.6 Å². The first-order chi connectivity index (χ1) is 7.94. The van der Waals surface area contributed by atoms with E-state index in [0.29, 0.717) is 10.6 Å². The molecule has 1 aromatic heterocycles. The van der Waals surface area contributed by atoms with E-state index in [0.717, 1.165) is 11.5 Å². The van der Waals surface area contributed by atoms with Crippen LogP contribution in [0.4, 0.5) is 0 Å². The number of aromatic nitrogens is 2. The maximum Gasteiger partial charge on any atom is 0.130 e. The second kappa shape index (κ2) is 4.17. The Morgan fingerprint density at radius 1 is 1.35 bits per heavy atom. The van der Waals surface area contributed by atoms with Gasteiger partial charge in [-0.05, 0) is 19.9 Å². The van der Waals surface area contributed by atoms with Crippen molar-refractivity contribution in [1.82, 2.24) is 9.55 Å². The van der Waals surface area contributed by atoms with Crippen molar-refractivity contribution >= 4 is 11.6 Å². The third-order valence-corrected chi connectivity index (χ3v) is 3.45. The second-order valence-electron chi connectivity index (χ2n) is 4.30. The quantitative estimate of drug-likeness (QED) is 0.890. The van der Waals surface area contributed by atoms with E-state index in [-0.39, 0.29) is 0 Å². The molecular formula is C13H15ClN2O. The molecule has 1 aromatic carbocycles. The first-order valence-electron chi connectivity index (χ1n) is 5.40. The number of aryl methyl sites for hydroxylation is 1. The summed E-state index contributed by atoms with van der Waals surface area (Å²) in [6, 6.07) is 7.30. The van der Waals surface area contributed by atoms with Gasteiger partial charge < -0.3 is 9.67 Å². The summed E-state index contributed by atoms with van der Waals surface area (Å²) >= 11 is 6.13. The molecule has 0 fully saturated rings. The minimum atomic E-state index is -1.14. The fourth-order valence-corrected chi connectivity index (χ4v) is 2.27. The van der Waals surface area contributed by atoms with Gasteiger partial charge in [0, 0.05) is 17.6 Å². The fraction of sp³-hybridized carbons (Fsp3) is 0.308. The van der Waals surface area contributed by atoms with Crippen LogP contribution in [-0.4, -0.2) is 14.7 Å². The third kappa shape index (κ3) is 1.96. The molecule has 0 radical (unpaired) electrons. The predicted molar refractivity (Wildman–Crippen MR) is 68.1 cm³/mol. The summed E-state index contributed by atoms with van der Waals surface area (Å²) in [5.74, 6) is 0.854. The molecule has 1 atom stereocenters. The number of hydrogen-bond donors (Lipinski definition) is 1. The van der Waals surface area contributed by atoms with Gasteiger partial charge in [-0.3, -0.25) is 0 Å². The van der Waals surface area contributed by atoms with Gasteiger partial charge in [0.25, 0.3) is 0 Å². The first kappa shape index (κ1) is 12.1. The van der Waals surface area contributed by atoms with E-state index < -0.39 is 5.60 Å². The van der Waals surface area contributed by atoms with E-state index in [1.807, 2.05) is 36.7 Å². The summed E-state index contributed by atoms with van der Waals surface area (Å²) < 4.78 is 1.86. The van der Waals surface area contributed by atoms with Crippen LogP contribution >= 0.6 is 11.6 Å². The number of hydrogen-bond acceptors (Lipinski definition) is 2. The van der Waals surface area contributed by atoms with Crippen molar-refractivity contribution in [3.05, 3.63) is 52.6 Å². The van der Waals surface area contributed by atoms with Crippen molar-refractivity contribution in [2.45, 2.75) is 19.4 Å². The smallest absolute Gasteiger partial charge is 0.130 e. The maximum absolute atomic E-state index is 10.7. The van der Waals surface area contributed by atoms with E-state index in [1.54, 1.807) is 19.2 Å². The number of imidazole rings is 1. The van der Waals surface area contributed by atoms with E-state index in [4.69, 9.17) is 11.6 Å². The summed E-state index contributed by atoms with van der Waals surface area (Å²) in [5, 5.41) is 11.2. The zero-order valence-corrected chi connectivity index (χ0v) is 10.9. The van der Waals surface area contributed by atoms with Crippen molar-refractivity contribution in [1.29, 1.82) is 0 Å². The molecule has 0 aliphatic carbocycles. The lowest BCUT2D eigenvalue weighted by Gasteiger charge is -2.25. The molecule has 0 spiro atoms. The van der Waals surface area contributed by atoms with Gasteiger partial charge in [-0.25, -0.2) is 4.98 Å². The van der Waals surface area contributed by atoms with Crippen LogP contribution in [0.1, 0.15) is 24.0 Å². The number of benzene rings is 1. The Labute approximate surface area is 106 Å². The van der Waals surface area contributed by atoms with Gasteiger partial charge in [-0.2, -0.15) is 0 Å². The van der Waals surface area contributed by atoms with Crippen LogP contribution < -0.4 is 0 Å². The molecule has 1 unspecified atom stereocenters. The molecule has 0 bridgehead atoms. The van der Waals surface area contributed by atoms with E-state index in [1.165, 1.54) is 0 Å². The lowest BCUT2D eigenvalue weighted by Crippen LogP contribution is -2.26.